The SMILES string of the molecule is C.CC.CC.CC(C)(C)c1noc(C(=O)NCc2ccc(B3OC(C)(C)C(C)(C)O3)cc2C(F)F)n1. The molecule has 1 saturated heterocycles. The van der Waals surface area contributed by atoms with E-state index in [-0.39, 0.29) is 36.4 Å². The second-order valence-corrected chi connectivity index (χ2v) is 9.70. The minimum Gasteiger partial charge on any atom is -0.399 e. The zero-order chi connectivity index (χ0) is 27.2. The van der Waals surface area contributed by atoms with Crippen LogP contribution in [0.25, 0.3) is 0 Å². The summed E-state index contributed by atoms with van der Waals surface area (Å²) < 4.78 is 44.4. The van der Waals surface area contributed by atoms with Gasteiger partial charge in [-0.2, -0.15) is 4.98 Å². The van der Waals surface area contributed by atoms with E-state index in [9.17, 15) is 13.6 Å². The molecule has 1 N–H and O–H groups in total. The van der Waals surface area contributed by atoms with Crippen LogP contribution in [0, 0.1) is 0 Å². The van der Waals surface area contributed by atoms with Gasteiger partial charge >= 0.3 is 18.9 Å². The van der Waals surface area contributed by atoms with Gasteiger partial charge in [0.25, 0.3) is 6.43 Å². The molecule has 10 heteroatoms. The van der Waals surface area contributed by atoms with Gasteiger partial charge in [0.2, 0.25) is 0 Å². The van der Waals surface area contributed by atoms with Crippen molar-refractivity contribution in [3.05, 3.63) is 41.0 Å². The highest BCUT2D eigenvalue weighted by molar-refractivity contribution is 6.62. The van der Waals surface area contributed by atoms with Crippen molar-refractivity contribution < 1.29 is 27.4 Å². The Morgan fingerprint density at radius 1 is 1.06 bits per heavy atom. The van der Waals surface area contributed by atoms with E-state index in [0.717, 1.165) is 0 Å². The number of carbonyl (C=O) groups is 1. The van der Waals surface area contributed by atoms with E-state index in [4.69, 9.17) is 13.8 Å². The van der Waals surface area contributed by atoms with E-state index in [1.54, 1.807) is 6.07 Å². The highest BCUT2D eigenvalue weighted by atomic mass is 19.3. The van der Waals surface area contributed by atoms with Crippen LogP contribution < -0.4 is 10.8 Å². The number of rotatable bonds is 5. The molecule has 1 amide bonds. The van der Waals surface area contributed by atoms with Gasteiger partial charge in [0, 0.05) is 17.5 Å². The van der Waals surface area contributed by atoms with E-state index in [1.807, 2.05) is 76.2 Å². The predicted molar refractivity (Wildman–Crippen MR) is 141 cm³/mol. The largest absolute Gasteiger partial charge is 0.494 e. The fraction of sp³-hybridized carbons (Fsp3) is 0.654. The summed E-state index contributed by atoms with van der Waals surface area (Å²) in [4.78, 5) is 16.4. The molecule has 1 aromatic carbocycles. The van der Waals surface area contributed by atoms with Crippen molar-refractivity contribution in [3.63, 3.8) is 0 Å². The van der Waals surface area contributed by atoms with Crippen molar-refractivity contribution >= 4 is 18.5 Å². The lowest BCUT2D eigenvalue weighted by molar-refractivity contribution is 0.00578. The molecule has 0 radical (unpaired) electrons. The fourth-order valence-corrected chi connectivity index (χ4v) is 2.97. The number of amides is 1. The van der Waals surface area contributed by atoms with Gasteiger partial charge in [-0.25, -0.2) is 8.78 Å². The molecular formula is C26H44BF2N3O4. The molecule has 0 unspecified atom stereocenters. The molecule has 1 fully saturated rings. The average molecular weight is 511 g/mol. The maximum absolute atomic E-state index is 13.7. The van der Waals surface area contributed by atoms with Gasteiger partial charge in [-0.1, -0.05) is 79.2 Å². The molecule has 0 bridgehead atoms. The summed E-state index contributed by atoms with van der Waals surface area (Å²) in [6, 6.07) is 4.56. The van der Waals surface area contributed by atoms with E-state index >= 15 is 0 Å². The van der Waals surface area contributed by atoms with Gasteiger partial charge in [-0.05, 0) is 38.7 Å². The normalized spacial score (nSPS) is 15.8. The van der Waals surface area contributed by atoms with Crippen LogP contribution in [0.4, 0.5) is 8.78 Å². The summed E-state index contributed by atoms with van der Waals surface area (Å²) in [5.41, 5.74) is -0.964. The second-order valence-electron chi connectivity index (χ2n) is 9.70. The number of alkyl halides is 2. The Labute approximate surface area is 215 Å². The molecule has 0 spiro atoms. The topological polar surface area (TPSA) is 86.5 Å². The van der Waals surface area contributed by atoms with Crippen molar-refractivity contribution in [2.75, 3.05) is 0 Å². The predicted octanol–water partition coefficient (Wildman–Crippen LogP) is 6.22. The summed E-state index contributed by atoms with van der Waals surface area (Å²) in [7, 11) is -0.750. The summed E-state index contributed by atoms with van der Waals surface area (Å²) >= 11 is 0. The van der Waals surface area contributed by atoms with E-state index in [0.29, 0.717) is 11.3 Å². The number of aromatic nitrogens is 2. The maximum atomic E-state index is 13.7. The smallest absolute Gasteiger partial charge is 0.399 e. The highest BCUT2D eigenvalue weighted by Gasteiger charge is 2.51. The Morgan fingerprint density at radius 3 is 2.03 bits per heavy atom. The molecule has 0 saturated carbocycles. The van der Waals surface area contributed by atoms with E-state index in [2.05, 4.69) is 15.5 Å². The third-order valence-corrected chi connectivity index (χ3v) is 5.66. The van der Waals surface area contributed by atoms with Crippen LogP contribution in [0.15, 0.2) is 22.7 Å². The Hall–Kier alpha value is -2.33. The molecular weight excluding hydrogens is 467 g/mol. The number of benzene rings is 1. The minimum atomic E-state index is -2.73. The highest BCUT2D eigenvalue weighted by Crippen LogP contribution is 2.36. The number of halogens is 2. The van der Waals surface area contributed by atoms with Crippen LogP contribution >= 0.6 is 0 Å². The lowest BCUT2D eigenvalue weighted by Crippen LogP contribution is -2.41. The zero-order valence-corrected chi connectivity index (χ0v) is 22.9. The molecule has 1 aromatic heterocycles. The van der Waals surface area contributed by atoms with Gasteiger partial charge in [0.1, 0.15) is 0 Å². The Morgan fingerprint density at radius 2 is 1.58 bits per heavy atom. The summed E-state index contributed by atoms with van der Waals surface area (Å²) in [5, 5.41) is 6.35. The van der Waals surface area contributed by atoms with Gasteiger partial charge < -0.3 is 19.1 Å². The third kappa shape index (κ3) is 7.84. The third-order valence-electron chi connectivity index (χ3n) is 5.66. The Balaban J connectivity index is 0.00000233. The maximum Gasteiger partial charge on any atom is 0.494 e. The van der Waals surface area contributed by atoms with Crippen LogP contribution in [0.1, 0.15) is 118 Å². The lowest BCUT2D eigenvalue weighted by Gasteiger charge is -2.32. The molecule has 1 aliphatic rings. The van der Waals surface area contributed by atoms with Gasteiger partial charge in [0.15, 0.2) is 5.82 Å². The molecule has 0 atom stereocenters. The number of carbonyl (C=O) groups excluding carboxylic acids is 1. The number of hydrogen-bond donors (Lipinski definition) is 1. The van der Waals surface area contributed by atoms with Crippen LogP contribution in [-0.4, -0.2) is 34.4 Å². The summed E-state index contributed by atoms with van der Waals surface area (Å²) in [6.45, 7) is 21.1. The molecule has 7 nitrogen and oxygen atoms in total. The second kappa shape index (κ2) is 13.3. The van der Waals surface area contributed by atoms with E-state index in [1.165, 1.54) is 12.1 Å². The quantitative estimate of drug-likeness (QED) is 0.480. The molecule has 2 heterocycles. The number of nitrogens with one attached hydrogen (secondary N) is 1. The molecule has 3 rings (SSSR count). The Bertz CT molecular complexity index is 956. The zero-order valence-electron chi connectivity index (χ0n) is 22.9. The average Bonchev–Trinajstić information content (AvgIpc) is 3.37. The van der Waals surface area contributed by atoms with Gasteiger partial charge in [-0.3, -0.25) is 4.79 Å². The van der Waals surface area contributed by atoms with Gasteiger partial charge in [-0.15, -0.1) is 0 Å². The van der Waals surface area contributed by atoms with Crippen molar-refractivity contribution in [1.29, 1.82) is 0 Å². The first-order valence-electron chi connectivity index (χ1n) is 12.1. The first-order valence-corrected chi connectivity index (χ1v) is 12.1. The van der Waals surface area contributed by atoms with Crippen molar-refractivity contribution in [2.45, 2.75) is 113 Å². The summed E-state index contributed by atoms with van der Waals surface area (Å²) in [5.74, 6) is -0.451. The first-order chi connectivity index (χ1) is 16.2. The molecule has 1 aliphatic heterocycles. The molecule has 0 aliphatic carbocycles. The standard InChI is InChI=1S/C21H28BF2N3O4.2C2H6.CH4/c1-19(2,3)18-26-17(29-27-18)16(28)25-11-12-8-9-13(10-14(12)15(23)24)22-30-20(4,5)21(6,7)31-22;2*1-2;/h8-10,15H,11H2,1-7H3,(H,25,28);2*1-2H3;1H4. The summed E-state index contributed by atoms with van der Waals surface area (Å²) in [6.07, 6.45) is -2.73. The molecule has 36 heavy (non-hydrogen) atoms. The van der Waals surface area contributed by atoms with Crippen LogP contribution in [0.2, 0.25) is 0 Å². The minimum absolute atomic E-state index is 0. The lowest BCUT2D eigenvalue weighted by atomic mass is 9.77. The number of nitrogens with zero attached hydrogens (tertiary/aromatic N) is 2. The van der Waals surface area contributed by atoms with Crippen LogP contribution in [-0.2, 0) is 21.3 Å². The molecule has 204 valence electrons. The fourth-order valence-electron chi connectivity index (χ4n) is 2.97. The first kappa shape index (κ1) is 33.7. The van der Waals surface area contributed by atoms with Crippen LogP contribution in [0.3, 0.4) is 0 Å². The van der Waals surface area contributed by atoms with Crippen molar-refractivity contribution in [1.82, 2.24) is 15.5 Å². The monoisotopic (exact) mass is 511 g/mol. The Kier molecular flexibility index (Phi) is 12.4. The van der Waals surface area contributed by atoms with Crippen molar-refractivity contribution in [2.24, 2.45) is 0 Å². The van der Waals surface area contributed by atoms with E-state index < -0.39 is 30.7 Å². The van der Waals surface area contributed by atoms with Gasteiger partial charge in [0.05, 0.1) is 11.2 Å². The van der Waals surface area contributed by atoms with Crippen LogP contribution in [0.5, 0.6) is 0 Å². The molecule has 2 aromatic rings. The van der Waals surface area contributed by atoms with Crippen molar-refractivity contribution in [3.8, 4) is 0 Å². The number of hydrogen-bond acceptors (Lipinski definition) is 6.